The smallest absolute Gasteiger partial charge is 0.256 e. The van der Waals surface area contributed by atoms with Crippen LogP contribution in [0.4, 0.5) is 0 Å². The van der Waals surface area contributed by atoms with Crippen molar-refractivity contribution >= 4 is 17.4 Å². The molecule has 0 N–H and O–H groups in total. The predicted octanol–water partition coefficient (Wildman–Crippen LogP) is 2.49. The lowest BCUT2D eigenvalue weighted by Gasteiger charge is -2.10. The van der Waals surface area contributed by atoms with Crippen LogP contribution in [-0.4, -0.2) is 31.2 Å². The van der Waals surface area contributed by atoms with Gasteiger partial charge in [0.1, 0.15) is 11.5 Å². The first-order valence-corrected chi connectivity index (χ1v) is 7.01. The maximum Gasteiger partial charge on any atom is 0.256 e. The minimum Gasteiger partial charge on any atom is -0.477 e. The summed E-state index contributed by atoms with van der Waals surface area (Å²) in [5, 5.41) is 4.50. The van der Waals surface area contributed by atoms with Gasteiger partial charge >= 0.3 is 0 Å². The lowest BCUT2D eigenvalue weighted by molar-refractivity contribution is 0.289. The third-order valence-electron chi connectivity index (χ3n) is 3.15. The molecule has 0 bridgehead atoms. The fraction of sp³-hybridized carbons (Fsp3) is 0.286. The number of aromatic nitrogens is 5. The maximum atomic E-state index is 6.08. The lowest BCUT2D eigenvalue weighted by atomic mass is 10.1. The molecule has 0 aliphatic rings. The van der Waals surface area contributed by atoms with Crippen molar-refractivity contribution in [1.29, 1.82) is 0 Å². The Labute approximate surface area is 126 Å². The minimum absolute atomic E-state index is 0.389. The Morgan fingerprint density at radius 1 is 1.29 bits per heavy atom. The van der Waals surface area contributed by atoms with E-state index in [-0.39, 0.29) is 0 Å². The monoisotopic (exact) mass is 303 g/mol. The Kier molecular flexibility index (Phi) is 3.96. The van der Waals surface area contributed by atoms with E-state index in [1.807, 2.05) is 19.1 Å². The van der Waals surface area contributed by atoms with Crippen LogP contribution in [0, 0.1) is 6.92 Å². The van der Waals surface area contributed by atoms with E-state index in [9.17, 15) is 0 Å². The average molecular weight is 304 g/mol. The molecule has 3 heterocycles. The summed E-state index contributed by atoms with van der Waals surface area (Å²) >= 11 is 6.08. The van der Waals surface area contributed by atoms with Gasteiger partial charge in [-0.05, 0) is 37.5 Å². The van der Waals surface area contributed by atoms with Crippen LogP contribution in [0.15, 0.2) is 30.9 Å². The van der Waals surface area contributed by atoms with Crippen molar-refractivity contribution in [3.05, 3.63) is 47.1 Å². The normalized spacial score (nSPS) is 11.0. The molecular weight excluding hydrogens is 290 g/mol. The van der Waals surface area contributed by atoms with E-state index in [1.54, 1.807) is 16.9 Å². The molecule has 0 amide bonds. The van der Waals surface area contributed by atoms with Gasteiger partial charge < -0.3 is 4.74 Å². The van der Waals surface area contributed by atoms with E-state index in [0.29, 0.717) is 23.4 Å². The summed E-state index contributed by atoms with van der Waals surface area (Å²) in [5.41, 5.74) is 2.00. The lowest BCUT2D eigenvalue weighted by Crippen LogP contribution is -2.07. The van der Waals surface area contributed by atoms with Crippen molar-refractivity contribution in [2.45, 2.75) is 19.8 Å². The number of hydrogen-bond donors (Lipinski definition) is 0. The predicted molar refractivity (Wildman–Crippen MR) is 78.6 cm³/mol. The molecule has 21 heavy (non-hydrogen) atoms. The van der Waals surface area contributed by atoms with E-state index >= 15 is 0 Å². The second-order valence-corrected chi connectivity index (χ2v) is 4.97. The molecule has 6 nitrogen and oxygen atoms in total. The topological polar surface area (TPSA) is 65.2 Å². The Balaban J connectivity index is 1.68. The van der Waals surface area contributed by atoms with Crippen molar-refractivity contribution in [1.82, 2.24) is 24.6 Å². The van der Waals surface area contributed by atoms with Gasteiger partial charge in [0.25, 0.3) is 5.78 Å². The molecule has 0 radical (unpaired) electrons. The van der Waals surface area contributed by atoms with Gasteiger partial charge in [-0.2, -0.15) is 19.6 Å². The molecule has 3 aromatic rings. The van der Waals surface area contributed by atoms with Crippen molar-refractivity contribution in [2.75, 3.05) is 6.61 Å². The van der Waals surface area contributed by atoms with Gasteiger partial charge in [0.15, 0.2) is 0 Å². The number of halogens is 1. The van der Waals surface area contributed by atoms with E-state index in [1.165, 1.54) is 11.9 Å². The molecule has 0 aromatic carbocycles. The molecule has 0 aliphatic carbocycles. The zero-order valence-electron chi connectivity index (χ0n) is 11.5. The molecule has 0 fully saturated rings. The summed E-state index contributed by atoms with van der Waals surface area (Å²) in [5.74, 6) is 1.03. The molecule has 0 unspecified atom stereocenters. The fourth-order valence-electron chi connectivity index (χ4n) is 2.04. The molecule has 0 atom stereocenters. The summed E-state index contributed by atoms with van der Waals surface area (Å²) < 4.78 is 7.39. The van der Waals surface area contributed by atoms with Gasteiger partial charge in [0.2, 0.25) is 5.88 Å². The third kappa shape index (κ3) is 2.95. The highest BCUT2D eigenvalue weighted by molar-refractivity contribution is 6.30. The average Bonchev–Trinajstić information content (AvgIpc) is 2.96. The summed E-state index contributed by atoms with van der Waals surface area (Å²) in [6.07, 6.45) is 6.84. The standard InChI is InChI=1S/C14H14ClN5O/c1-10-12(15)19-14-17-9-18-20(14)13(10)21-8-2-3-11-4-6-16-7-5-11/h4-7,9H,2-3,8H2,1H3. The first-order chi connectivity index (χ1) is 10.3. The van der Waals surface area contributed by atoms with E-state index in [0.717, 1.165) is 18.4 Å². The van der Waals surface area contributed by atoms with E-state index < -0.39 is 0 Å². The molecule has 0 spiro atoms. The summed E-state index contributed by atoms with van der Waals surface area (Å²) in [6, 6.07) is 4.01. The van der Waals surface area contributed by atoms with Crippen LogP contribution >= 0.6 is 11.6 Å². The largest absolute Gasteiger partial charge is 0.477 e. The summed E-state index contributed by atoms with van der Waals surface area (Å²) in [7, 11) is 0. The Morgan fingerprint density at radius 3 is 2.90 bits per heavy atom. The van der Waals surface area contributed by atoms with Crippen LogP contribution in [0.3, 0.4) is 0 Å². The zero-order valence-corrected chi connectivity index (χ0v) is 12.3. The summed E-state index contributed by atoms with van der Waals surface area (Å²) in [6.45, 7) is 2.42. The van der Waals surface area contributed by atoms with E-state index in [2.05, 4.69) is 20.1 Å². The molecule has 108 valence electrons. The van der Waals surface area contributed by atoms with Gasteiger partial charge in [0.05, 0.1) is 6.61 Å². The number of fused-ring (bicyclic) bond motifs is 1. The molecule has 0 saturated heterocycles. The van der Waals surface area contributed by atoms with E-state index in [4.69, 9.17) is 16.3 Å². The van der Waals surface area contributed by atoms with Gasteiger partial charge in [-0.15, -0.1) is 0 Å². The van der Waals surface area contributed by atoms with Crippen LogP contribution in [0.25, 0.3) is 5.78 Å². The summed E-state index contributed by atoms with van der Waals surface area (Å²) in [4.78, 5) is 12.2. The first kappa shape index (κ1) is 13.8. The highest BCUT2D eigenvalue weighted by Gasteiger charge is 2.13. The Morgan fingerprint density at radius 2 is 2.10 bits per heavy atom. The van der Waals surface area contributed by atoms with Crippen LogP contribution in [0.5, 0.6) is 5.88 Å². The number of ether oxygens (including phenoxy) is 1. The van der Waals surface area contributed by atoms with Crippen LogP contribution in [-0.2, 0) is 6.42 Å². The molecule has 7 heteroatoms. The number of hydrogen-bond acceptors (Lipinski definition) is 5. The van der Waals surface area contributed by atoms with Gasteiger partial charge in [-0.25, -0.2) is 0 Å². The molecule has 0 aliphatic heterocycles. The molecule has 3 rings (SSSR count). The number of rotatable bonds is 5. The highest BCUT2D eigenvalue weighted by Crippen LogP contribution is 2.24. The maximum absolute atomic E-state index is 6.08. The van der Waals surface area contributed by atoms with Crippen molar-refractivity contribution < 1.29 is 4.74 Å². The van der Waals surface area contributed by atoms with Crippen LogP contribution in [0.2, 0.25) is 5.15 Å². The third-order valence-corrected chi connectivity index (χ3v) is 3.52. The minimum atomic E-state index is 0.389. The van der Waals surface area contributed by atoms with Gasteiger partial charge in [-0.1, -0.05) is 11.6 Å². The Hall–Kier alpha value is -2.21. The van der Waals surface area contributed by atoms with Gasteiger partial charge in [-0.3, -0.25) is 4.98 Å². The van der Waals surface area contributed by atoms with Crippen molar-refractivity contribution in [3.8, 4) is 5.88 Å². The van der Waals surface area contributed by atoms with Crippen LogP contribution < -0.4 is 4.74 Å². The number of aryl methyl sites for hydroxylation is 1. The fourth-order valence-corrected chi connectivity index (χ4v) is 2.19. The van der Waals surface area contributed by atoms with Gasteiger partial charge in [0, 0.05) is 18.0 Å². The second kappa shape index (κ2) is 6.05. The van der Waals surface area contributed by atoms with Crippen LogP contribution in [0.1, 0.15) is 17.5 Å². The van der Waals surface area contributed by atoms with Crippen molar-refractivity contribution in [3.63, 3.8) is 0 Å². The quantitative estimate of drug-likeness (QED) is 0.535. The second-order valence-electron chi connectivity index (χ2n) is 4.61. The number of pyridine rings is 1. The molecule has 0 saturated carbocycles. The Bertz CT molecular complexity index is 744. The van der Waals surface area contributed by atoms with Crippen molar-refractivity contribution in [2.24, 2.45) is 0 Å². The zero-order chi connectivity index (χ0) is 14.7. The molecule has 3 aromatic heterocycles. The number of nitrogens with zero attached hydrogens (tertiary/aromatic N) is 5. The molecular formula is C14H14ClN5O. The highest BCUT2D eigenvalue weighted by atomic mass is 35.5. The first-order valence-electron chi connectivity index (χ1n) is 6.63. The SMILES string of the molecule is Cc1c(Cl)nc2ncnn2c1OCCCc1ccncc1.